The van der Waals surface area contributed by atoms with Crippen molar-refractivity contribution in [1.82, 2.24) is 6.39 Å². The van der Waals surface area contributed by atoms with E-state index in [9.17, 15) is 0 Å². The number of hydrogen-bond donors (Lipinski definition) is 0. The van der Waals surface area contributed by atoms with Gasteiger partial charge in [-0.1, -0.05) is 20.8 Å². The molecule has 0 heterocycles. The minimum absolute atomic E-state index is 0.819. The molecule has 0 rings (SSSR count). The molecule has 0 aromatic carbocycles. The molecule has 0 aromatic heterocycles. The summed E-state index contributed by atoms with van der Waals surface area (Å²) in [5, 5.41) is 0. The van der Waals surface area contributed by atoms with Crippen LogP contribution in [0.3, 0.4) is 0 Å². The van der Waals surface area contributed by atoms with Crippen molar-refractivity contribution in [2.75, 3.05) is 27.7 Å². The van der Waals surface area contributed by atoms with Crippen molar-refractivity contribution in [3.63, 3.8) is 0 Å². The molecule has 0 bridgehead atoms. The number of halogens is 2. The van der Waals surface area contributed by atoms with E-state index in [1.54, 1.807) is 3.28 Å². The summed E-state index contributed by atoms with van der Waals surface area (Å²) in [6.45, 7) is 8.90. The van der Waals surface area contributed by atoms with Crippen LogP contribution in [0.1, 0.15) is 27.2 Å². The van der Waals surface area contributed by atoms with Crippen molar-refractivity contribution >= 4 is 52.5 Å². The van der Waals surface area contributed by atoms with Crippen LogP contribution < -0.4 is 0 Å². The number of hydrogen-bond acceptors (Lipinski definition) is 4. The van der Waals surface area contributed by atoms with E-state index in [1.165, 1.54) is 0 Å². The average molecular weight is 446 g/mol. The van der Waals surface area contributed by atoms with Gasteiger partial charge in [-0.05, 0) is 20.5 Å². The molecule has 0 saturated carbocycles. The Labute approximate surface area is 123 Å². The Morgan fingerprint density at radius 2 is 1.40 bits per heavy atom. The van der Waals surface area contributed by atoms with E-state index in [2.05, 4.69) is 52.7 Å². The Bertz CT molecular complexity index is 83.8. The first-order valence-electron chi connectivity index (χ1n) is 4.65. The fourth-order valence-corrected chi connectivity index (χ4v) is 0.414. The Morgan fingerprint density at radius 3 is 1.47 bits per heavy atom. The van der Waals surface area contributed by atoms with Gasteiger partial charge in [0.05, 0.1) is 6.61 Å². The van der Waals surface area contributed by atoms with Gasteiger partial charge < -0.3 is 4.79 Å². The Kier molecular flexibility index (Phi) is 49.0. The standard InChI is InChI=1S/C4H10INO.C2H6IN.C2H6.CH2O/c1-3-4-7-6(2)5;1-4(2)3;2*1-2/h3-4H2,1-2H3;1-2H3;1-2H3;1H2. The lowest BCUT2D eigenvalue weighted by molar-refractivity contribution is -0.0979. The zero-order chi connectivity index (χ0) is 13.3. The van der Waals surface area contributed by atoms with Crippen LogP contribution in [0.15, 0.2) is 0 Å². The van der Waals surface area contributed by atoms with E-state index in [4.69, 9.17) is 9.63 Å². The predicted octanol–water partition coefficient (Wildman–Crippen LogP) is 3.35. The molecule has 0 fully saturated rings. The molecule has 0 amide bonds. The summed E-state index contributed by atoms with van der Waals surface area (Å²) in [5.41, 5.74) is 0. The Morgan fingerprint density at radius 1 is 1.13 bits per heavy atom. The van der Waals surface area contributed by atoms with Gasteiger partial charge in [0, 0.05) is 52.8 Å². The molecule has 0 radical (unpaired) electrons. The fourth-order valence-electron chi connectivity index (χ4n) is 0.217. The third kappa shape index (κ3) is 101. The van der Waals surface area contributed by atoms with Crippen LogP contribution in [0.25, 0.3) is 0 Å². The van der Waals surface area contributed by atoms with Gasteiger partial charge >= 0.3 is 0 Å². The second-order valence-electron chi connectivity index (χ2n) is 2.04. The van der Waals surface area contributed by atoms with Crippen LogP contribution in [-0.2, 0) is 9.63 Å². The highest BCUT2D eigenvalue weighted by Gasteiger charge is 1.84. The first-order valence-corrected chi connectivity index (χ1v) is 6.58. The summed E-state index contributed by atoms with van der Waals surface area (Å²) >= 11 is 4.25. The van der Waals surface area contributed by atoms with E-state index >= 15 is 0 Å². The van der Waals surface area contributed by atoms with Crippen molar-refractivity contribution in [2.45, 2.75) is 27.2 Å². The van der Waals surface area contributed by atoms with Crippen LogP contribution in [0.5, 0.6) is 0 Å². The van der Waals surface area contributed by atoms with Gasteiger partial charge in [-0.3, -0.25) is 7.95 Å². The first-order chi connectivity index (χ1) is 7.00. The number of carbonyl (C=O) groups excluding carboxylic acids is 1. The molecule has 0 aliphatic heterocycles. The van der Waals surface area contributed by atoms with Crippen LogP contribution >= 0.6 is 45.7 Å². The maximum atomic E-state index is 8.00. The van der Waals surface area contributed by atoms with Gasteiger partial charge in [-0.2, -0.15) is 0 Å². The topological polar surface area (TPSA) is 32.8 Å². The van der Waals surface area contributed by atoms with Crippen molar-refractivity contribution in [3.8, 4) is 0 Å². The molecule has 0 spiro atoms. The van der Waals surface area contributed by atoms with Crippen molar-refractivity contribution in [2.24, 2.45) is 0 Å². The number of rotatable bonds is 3. The van der Waals surface area contributed by atoms with Gasteiger partial charge in [0.2, 0.25) is 0 Å². The molecule has 0 aliphatic carbocycles. The number of nitrogens with zero attached hydrogens (tertiary/aromatic N) is 2. The SMILES string of the molecule is C=O.CC.CCCON(C)I.CN(C)I. The minimum Gasteiger partial charge on any atom is -0.307 e. The van der Waals surface area contributed by atoms with Crippen LogP contribution in [0.2, 0.25) is 0 Å². The third-order valence-electron chi connectivity index (χ3n) is 0.473. The normalized spacial score (nSPS) is 7.87. The van der Waals surface area contributed by atoms with Gasteiger partial charge in [-0.15, -0.1) is 3.28 Å². The van der Waals surface area contributed by atoms with Gasteiger partial charge in [0.1, 0.15) is 6.79 Å². The molecule has 15 heavy (non-hydrogen) atoms. The fraction of sp³-hybridized carbons (Fsp3) is 0.889. The highest BCUT2D eigenvalue weighted by Crippen LogP contribution is 1.93. The summed E-state index contributed by atoms with van der Waals surface area (Å²) in [6, 6.07) is 0. The molecule has 0 aliphatic rings. The molecule has 6 heteroatoms. The van der Waals surface area contributed by atoms with E-state index in [-0.39, 0.29) is 0 Å². The average Bonchev–Trinajstić information content (AvgIpc) is 2.20. The Hall–Kier alpha value is 1.01. The van der Waals surface area contributed by atoms with Crippen molar-refractivity contribution in [3.05, 3.63) is 0 Å². The van der Waals surface area contributed by atoms with Gasteiger partial charge in [0.25, 0.3) is 0 Å². The second kappa shape index (κ2) is 29.4. The van der Waals surface area contributed by atoms with Crippen LogP contribution in [0.4, 0.5) is 0 Å². The maximum Gasteiger partial charge on any atom is 0.106 e. The molecule has 0 N–H and O–H groups in total. The quantitative estimate of drug-likeness (QED) is 0.379. The highest BCUT2D eigenvalue weighted by atomic mass is 127. The first kappa shape index (κ1) is 25.0. The molecule has 96 valence electrons. The summed E-state index contributed by atoms with van der Waals surface area (Å²) in [7, 11) is 5.84. The summed E-state index contributed by atoms with van der Waals surface area (Å²) in [5.74, 6) is 0. The smallest absolute Gasteiger partial charge is 0.106 e. The lowest BCUT2D eigenvalue weighted by Gasteiger charge is -2.04. The number of hydroxylamine groups is 1. The van der Waals surface area contributed by atoms with Crippen molar-refractivity contribution < 1.29 is 9.63 Å². The maximum absolute atomic E-state index is 8.00. The van der Waals surface area contributed by atoms with E-state index < -0.39 is 0 Å². The van der Waals surface area contributed by atoms with Gasteiger partial charge in [-0.25, -0.2) is 0 Å². The highest BCUT2D eigenvalue weighted by molar-refractivity contribution is 14.1. The second-order valence-corrected chi connectivity index (χ2v) is 5.33. The van der Waals surface area contributed by atoms with Crippen LogP contribution in [0, 0.1) is 0 Å². The summed E-state index contributed by atoms with van der Waals surface area (Å²) in [6.07, 6.45) is 1.08. The Balaban J connectivity index is -0.0000000647. The summed E-state index contributed by atoms with van der Waals surface area (Å²) < 4.78 is 3.65. The van der Waals surface area contributed by atoms with Crippen molar-refractivity contribution in [1.29, 1.82) is 0 Å². The number of carbonyl (C=O) groups is 1. The van der Waals surface area contributed by atoms with E-state index in [0.29, 0.717) is 0 Å². The van der Waals surface area contributed by atoms with E-state index in [1.807, 2.05) is 44.9 Å². The monoisotopic (exact) mass is 446 g/mol. The van der Waals surface area contributed by atoms with Gasteiger partial charge in [0.15, 0.2) is 0 Å². The molecular weight excluding hydrogens is 422 g/mol. The zero-order valence-corrected chi connectivity index (χ0v) is 14.9. The molecule has 0 aromatic rings. The molecular formula is C9H24I2N2O2. The molecule has 0 saturated heterocycles. The molecule has 4 nitrogen and oxygen atoms in total. The lowest BCUT2D eigenvalue weighted by atomic mass is 10.5. The van der Waals surface area contributed by atoms with Crippen LogP contribution in [-0.4, -0.2) is 40.9 Å². The lowest BCUT2D eigenvalue weighted by Crippen LogP contribution is -2.04. The minimum atomic E-state index is 0.819. The molecule has 0 unspecified atom stereocenters. The third-order valence-corrected chi connectivity index (χ3v) is 0.752. The predicted molar refractivity (Wildman–Crippen MR) is 84.2 cm³/mol. The largest absolute Gasteiger partial charge is 0.307 e. The summed E-state index contributed by atoms with van der Waals surface area (Å²) in [4.78, 5) is 13.0. The van der Waals surface area contributed by atoms with E-state index in [0.717, 1.165) is 13.0 Å². The molecule has 0 atom stereocenters. The zero-order valence-electron chi connectivity index (χ0n) is 10.6.